The Morgan fingerprint density at radius 1 is 1.15 bits per heavy atom. The zero-order valence-corrected chi connectivity index (χ0v) is 13.7. The number of nitrogens with two attached hydrogens (primary N) is 1. The van der Waals surface area contributed by atoms with Crippen molar-refractivity contribution in [2.24, 2.45) is 5.84 Å². The zero-order chi connectivity index (χ0) is 14.9. The minimum atomic E-state index is -0.917. The van der Waals surface area contributed by atoms with Crippen molar-refractivity contribution in [3.05, 3.63) is 67.0 Å². The molecule has 2 rings (SSSR count). The molecule has 0 aromatic heterocycles. The molecule has 20 heavy (non-hydrogen) atoms. The van der Waals surface area contributed by atoms with E-state index < -0.39 is 23.5 Å². The molecule has 0 heterocycles. The summed E-state index contributed by atoms with van der Waals surface area (Å²) in [6.07, 6.45) is 0. The number of rotatable bonds is 3. The van der Waals surface area contributed by atoms with Crippen LogP contribution in [0, 0.1) is 21.0 Å². The van der Waals surface area contributed by atoms with Gasteiger partial charge in [-0.05, 0) is 68.3 Å². The summed E-state index contributed by atoms with van der Waals surface area (Å²) in [6, 6.07) is 5.44. The lowest BCUT2D eigenvalue weighted by atomic mass is 9.98. The van der Waals surface area contributed by atoms with Crippen molar-refractivity contribution in [2.75, 3.05) is 0 Å². The Kier molecular flexibility index (Phi) is 5.05. The predicted octanol–water partition coefficient (Wildman–Crippen LogP) is 4.02. The first-order chi connectivity index (χ1) is 9.45. The van der Waals surface area contributed by atoms with Crippen LogP contribution in [0.15, 0.2) is 34.8 Å². The minimum Gasteiger partial charge on any atom is -0.271 e. The van der Waals surface area contributed by atoms with Crippen LogP contribution in [0.2, 0.25) is 0 Å². The highest BCUT2D eigenvalue weighted by Gasteiger charge is 2.24. The fraction of sp³-hybridized carbons (Fsp3) is 0.0769. The first-order valence-electron chi connectivity index (χ1n) is 5.50. The number of benzene rings is 2. The summed E-state index contributed by atoms with van der Waals surface area (Å²) in [5.74, 6) is 3.54. The lowest BCUT2D eigenvalue weighted by Crippen LogP contribution is -2.31. The van der Waals surface area contributed by atoms with Crippen molar-refractivity contribution in [1.29, 1.82) is 0 Å². The van der Waals surface area contributed by atoms with Gasteiger partial charge < -0.3 is 0 Å². The molecular formula is C13H9BrF3IN2. The molecule has 0 fully saturated rings. The summed E-state index contributed by atoms with van der Waals surface area (Å²) in [4.78, 5) is 0. The SMILES string of the molecule is NNC(c1ccc(F)cc1I)c1c(F)ccc(Br)c1F. The van der Waals surface area contributed by atoms with Gasteiger partial charge in [-0.2, -0.15) is 0 Å². The third-order valence-corrected chi connectivity index (χ3v) is 4.35. The van der Waals surface area contributed by atoms with Gasteiger partial charge in [-0.15, -0.1) is 0 Å². The summed E-state index contributed by atoms with van der Waals surface area (Å²) < 4.78 is 41.8. The van der Waals surface area contributed by atoms with Crippen molar-refractivity contribution in [2.45, 2.75) is 6.04 Å². The smallest absolute Gasteiger partial charge is 0.145 e. The Morgan fingerprint density at radius 2 is 1.85 bits per heavy atom. The highest BCUT2D eigenvalue weighted by atomic mass is 127. The van der Waals surface area contributed by atoms with Crippen LogP contribution in [0.1, 0.15) is 17.2 Å². The van der Waals surface area contributed by atoms with E-state index in [0.717, 1.165) is 6.07 Å². The van der Waals surface area contributed by atoms with Gasteiger partial charge >= 0.3 is 0 Å². The highest BCUT2D eigenvalue weighted by molar-refractivity contribution is 14.1. The van der Waals surface area contributed by atoms with E-state index in [9.17, 15) is 13.2 Å². The maximum absolute atomic E-state index is 14.1. The van der Waals surface area contributed by atoms with Crippen molar-refractivity contribution < 1.29 is 13.2 Å². The van der Waals surface area contributed by atoms with E-state index in [4.69, 9.17) is 5.84 Å². The van der Waals surface area contributed by atoms with Gasteiger partial charge in [0.25, 0.3) is 0 Å². The Balaban J connectivity index is 2.61. The molecule has 0 bridgehead atoms. The van der Waals surface area contributed by atoms with Crippen LogP contribution in [0.4, 0.5) is 13.2 Å². The molecule has 7 heteroatoms. The van der Waals surface area contributed by atoms with Crippen molar-refractivity contribution in [1.82, 2.24) is 5.43 Å². The average Bonchev–Trinajstić information content (AvgIpc) is 2.40. The summed E-state index contributed by atoms with van der Waals surface area (Å²) >= 11 is 4.90. The molecule has 0 saturated carbocycles. The Labute approximate surface area is 135 Å². The van der Waals surface area contributed by atoms with E-state index in [1.807, 2.05) is 22.6 Å². The zero-order valence-electron chi connectivity index (χ0n) is 9.93. The second-order valence-electron chi connectivity index (χ2n) is 4.02. The fourth-order valence-corrected chi connectivity index (χ4v) is 3.01. The van der Waals surface area contributed by atoms with Gasteiger partial charge in [0.15, 0.2) is 0 Å². The van der Waals surface area contributed by atoms with E-state index in [1.54, 1.807) is 0 Å². The number of hydrazine groups is 1. The molecule has 1 unspecified atom stereocenters. The lowest BCUT2D eigenvalue weighted by Gasteiger charge is -2.20. The third kappa shape index (κ3) is 3.00. The standard InChI is InChI=1S/C13H9BrF3IN2/c14-8-3-4-9(16)11(12(8)17)13(20-19)7-2-1-6(15)5-10(7)18/h1-5,13,20H,19H2. The fourth-order valence-electron chi connectivity index (χ4n) is 1.87. The molecule has 0 aliphatic rings. The Hall–Kier alpha value is -0.640. The van der Waals surface area contributed by atoms with Crippen molar-refractivity contribution >= 4 is 38.5 Å². The van der Waals surface area contributed by atoms with Crippen LogP contribution >= 0.6 is 38.5 Å². The maximum atomic E-state index is 14.1. The average molecular weight is 457 g/mol. The third-order valence-electron chi connectivity index (χ3n) is 2.81. The van der Waals surface area contributed by atoms with E-state index >= 15 is 0 Å². The first kappa shape index (κ1) is 15.7. The quantitative estimate of drug-likeness (QED) is 0.317. The summed E-state index contributed by atoms with van der Waals surface area (Å²) in [5.41, 5.74) is 2.65. The van der Waals surface area contributed by atoms with Crippen LogP contribution in [-0.4, -0.2) is 0 Å². The molecule has 0 saturated heterocycles. The molecule has 0 aliphatic carbocycles. The molecule has 0 amide bonds. The summed E-state index contributed by atoms with van der Waals surface area (Å²) in [6.45, 7) is 0. The molecule has 2 aromatic carbocycles. The highest BCUT2D eigenvalue weighted by Crippen LogP contribution is 2.32. The number of hydrogen-bond acceptors (Lipinski definition) is 2. The molecule has 0 radical (unpaired) electrons. The van der Waals surface area contributed by atoms with Gasteiger partial charge in [0.05, 0.1) is 10.5 Å². The van der Waals surface area contributed by atoms with Gasteiger partial charge in [0, 0.05) is 9.13 Å². The van der Waals surface area contributed by atoms with Crippen LogP contribution in [0.5, 0.6) is 0 Å². The van der Waals surface area contributed by atoms with Gasteiger partial charge in [-0.3, -0.25) is 5.84 Å². The molecule has 3 N–H and O–H groups in total. The second-order valence-corrected chi connectivity index (χ2v) is 6.04. The molecular weight excluding hydrogens is 448 g/mol. The van der Waals surface area contributed by atoms with Crippen molar-refractivity contribution in [3.8, 4) is 0 Å². The van der Waals surface area contributed by atoms with Crippen LogP contribution in [0.25, 0.3) is 0 Å². The van der Waals surface area contributed by atoms with E-state index in [2.05, 4.69) is 21.4 Å². The normalized spacial score (nSPS) is 12.5. The van der Waals surface area contributed by atoms with Gasteiger partial charge in [-0.25, -0.2) is 18.6 Å². The number of hydrogen-bond donors (Lipinski definition) is 2. The summed E-state index contributed by atoms with van der Waals surface area (Å²) in [7, 11) is 0. The van der Waals surface area contributed by atoms with Crippen LogP contribution in [0.3, 0.4) is 0 Å². The Morgan fingerprint density at radius 3 is 2.45 bits per heavy atom. The first-order valence-corrected chi connectivity index (χ1v) is 7.37. The minimum absolute atomic E-state index is 0.131. The monoisotopic (exact) mass is 456 g/mol. The molecule has 106 valence electrons. The molecule has 2 nitrogen and oxygen atoms in total. The van der Waals surface area contributed by atoms with Gasteiger partial charge in [0.2, 0.25) is 0 Å². The largest absolute Gasteiger partial charge is 0.271 e. The molecule has 2 aromatic rings. The van der Waals surface area contributed by atoms with Gasteiger partial charge in [0.1, 0.15) is 17.5 Å². The molecule has 1 atom stereocenters. The number of halogens is 5. The van der Waals surface area contributed by atoms with Crippen molar-refractivity contribution in [3.63, 3.8) is 0 Å². The van der Waals surface area contributed by atoms with E-state index in [0.29, 0.717) is 9.13 Å². The van der Waals surface area contributed by atoms with Crippen LogP contribution < -0.4 is 11.3 Å². The Bertz CT molecular complexity index is 652. The second kappa shape index (κ2) is 6.42. The van der Waals surface area contributed by atoms with E-state index in [1.165, 1.54) is 24.3 Å². The maximum Gasteiger partial charge on any atom is 0.145 e. The molecule has 0 aliphatic heterocycles. The van der Waals surface area contributed by atoms with Crippen LogP contribution in [-0.2, 0) is 0 Å². The topological polar surface area (TPSA) is 38.0 Å². The summed E-state index contributed by atoms with van der Waals surface area (Å²) in [5, 5.41) is 0. The van der Waals surface area contributed by atoms with Gasteiger partial charge in [-0.1, -0.05) is 6.07 Å². The van der Waals surface area contributed by atoms with E-state index in [-0.39, 0.29) is 10.0 Å². The number of nitrogens with one attached hydrogen (secondary N) is 1. The predicted molar refractivity (Wildman–Crippen MR) is 82.3 cm³/mol. The molecule has 0 spiro atoms. The lowest BCUT2D eigenvalue weighted by molar-refractivity contribution is 0.506.